The predicted octanol–water partition coefficient (Wildman–Crippen LogP) is 3.33. The van der Waals surface area contributed by atoms with Crippen LogP contribution in [0.3, 0.4) is 0 Å². The van der Waals surface area contributed by atoms with E-state index in [-0.39, 0.29) is 12.5 Å². The second-order valence-corrected chi connectivity index (χ2v) is 6.39. The molecule has 6 heteroatoms. The molecule has 0 aliphatic heterocycles. The van der Waals surface area contributed by atoms with Crippen LogP contribution >= 0.6 is 0 Å². The Bertz CT molecular complexity index is 903. The minimum absolute atomic E-state index is 0.0259. The van der Waals surface area contributed by atoms with Gasteiger partial charge in [-0.1, -0.05) is 24.3 Å². The Labute approximate surface area is 165 Å². The second kappa shape index (κ2) is 9.60. The van der Waals surface area contributed by atoms with E-state index in [1.54, 1.807) is 18.3 Å². The molecule has 1 aromatic heterocycles. The van der Waals surface area contributed by atoms with E-state index >= 15 is 0 Å². The number of aryl methyl sites for hydroxylation is 1. The van der Waals surface area contributed by atoms with Crippen molar-refractivity contribution in [3.63, 3.8) is 0 Å². The van der Waals surface area contributed by atoms with E-state index in [0.29, 0.717) is 18.9 Å². The van der Waals surface area contributed by atoms with Gasteiger partial charge in [-0.2, -0.15) is 0 Å². The standard InChI is InChI=1S/C22H25N3O3/c1-3-27-20-7-9-21(10-8-20)28-16-22(26)24-14-18-5-4-6-19(13-18)15-25-12-11-23-17(25)2/h4-13H,3,14-16H2,1-2H3,(H,24,26). The molecule has 1 amide bonds. The molecule has 0 saturated carbocycles. The number of benzene rings is 2. The molecule has 0 spiro atoms. The lowest BCUT2D eigenvalue weighted by molar-refractivity contribution is -0.123. The molecule has 0 aliphatic rings. The van der Waals surface area contributed by atoms with Gasteiger partial charge in [-0.3, -0.25) is 4.79 Å². The van der Waals surface area contributed by atoms with Crippen LogP contribution < -0.4 is 14.8 Å². The second-order valence-electron chi connectivity index (χ2n) is 6.39. The van der Waals surface area contributed by atoms with Crippen LogP contribution in [0.5, 0.6) is 11.5 Å². The molecular formula is C22H25N3O3. The van der Waals surface area contributed by atoms with Crippen LogP contribution in [0.2, 0.25) is 0 Å². The van der Waals surface area contributed by atoms with Gasteiger partial charge in [0, 0.05) is 25.5 Å². The summed E-state index contributed by atoms with van der Waals surface area (Å²) >= 11 is 0. The summed E-state index contributed by atoms with van der Waals surface area (Å²) in [6, 6.07) is 15.4. The largest absolute Gasteiger partial charge is 0.494 e. The van der Waals surface area contributed by atoms with Gasteiger partial charge < -0.3 is 19.4 Å². The SMILES string of the molecule is CCOc1ccc(OCC(=O)NCc2cccc(Cn3ccnc3C)c2)cc1. The molecule has 0 atom stereocenters. The van der Waals surface area contributed by atoms with E-state index in [9.17, 15) is 4.79 Å². The highest BCUT2D eigenvalue weighted by Crippen LogP contribution is 2.17. The van der Waals surface area contributed by atoms with Crippen molar-refractivity contribution >= 4 is 5.91 Å². The van der Waals surface area contributed by atoms with E-state index in [1.807, 2.05) is 44.3 Å². The zero-order chi connectivity index (χ0) is 19.8. The summed E-state index contributed by atoms with van der Waals surface area (Å²) in [6.45, 7) is 5.72. The lowest BCUT2D eigenvalue weighted by Crippen LogP contribution is -2.28. The molecule has 28 heavy (non-hydrogen) atoms. The number of imidazole rings is 1. The number of aromatic nitrogens is 2. The highest BCUT2D eigenvalue weighted by Gasteiger charge is 2.05. The van der Waals surface area contributed by atoms with E-state index in [2.05, 4.69) is 27.0 Å². The molecule has 146 valence electrons. The lowest BCUT2D eigenvalue weighted by atomic mass is 10.1. The molecule has 0 radical (unpaired) electrons. The van der Waals surface area contributed by atoms with Crippen molar-refractivity contribution in [2.24, 2.45) is 0 Å². The number of carbonyl (C=O) groups is 1. The van der Waals surface area contributed by atoms with Crippen LogP contribution in [0.25, 0.3) is 0 Å². The molecule has 3 rings (SSSR count). The first kappa shape index (κ1) is 19.5. The van der Waals surface area contributed by atoms with Crippen molar-refractivity contribution in [1.82, 2.24) is 14.9 Å². The minimum Gasteiger partial charge on any atom is -0.494 e. The maximum atomic E-state index is 12.1. The lowest BCUT2D eigenvalue weighted by Gasteiger charge is -2.10. The first-order chi connectivity index (χ1) is 13.6. The number of amides is 1. The topological polar surface area (TPSA) is 65.4 Å². The van der Waals surface area contributed by atoms with Gasteiger partial charge in [0.1, 0.15) is 17.3 Å². The fourth-order valence-corrected chi connectivity index (χ4v) is 2.80. The quantitative estimate of drug-likeness (QED) is 0.619. The van der Waals surface area contributed by atoms with Crippen LogP contribution in [0.15, 0.2) is 60.9 Å². The number of carbonyl (C=O) groups excluding carboxylic acids is 1. The van der Waals surface area contributed by atoms with Crippen molar-refractivity contribution in [2.45, 2.75) is 26.9 Å². The summed E-state index contributed by atoms with van der Waals surface area (Å²) in [4.78, 5) is 16.3. The molecule has 0 fully saturated rings. The maximum absolute atomic E-state index is 12.1. The first-order valence-corrected chi connectivity index (χ1v) is 9.32. The fraction of sp³-hybridized carbons (Fsp3) is 0.273. The molecule has 6 nitrogen and oxygen atoms in total. The van der Waals surface area contributed by atoms with Crippen LogP contribution in [-0.2, 0) is 17.9 Å². The Balaban J connectivity index is 1.46. The minimum atomic E-state index is -0.162. The van der Waals surface area contributed by atoms with E-state index in [0.717, 1.165) is 23.7 Å². The molecule has 1 heterocycles. The zero-order valence-corrected chi connectivity index (χ0v) is 16.2. The average Bonchev–Trinajstić information content (AvgIpc) is 3.11. The summed E-state index contributed by atoms with van der Waals surface area (Å²) in [6.07, 6.45) is 3.76. The molecule has 0 saturated heterocycles. The predicted molar refractivity (Wildman–Crippen MR) is 107 cm³/mol. The average molecular weight is 379 g/mol. The van der Waals surface area contributed by atoms with Gasteiger partial charge in [-0.15, -0.1) is 0 Å². The summed E-state index contributed by atoms with van der Waals surface area (Å²) in [5.74, 6) is 2.23. The number of hydrogen-bond donors (Lipinski definition) is 1. The number of ether oxygens (including phenoxy) is 2. The Morgan fingerprint density at radius 1 is 1.07 bits per heavy atom. The van der Waals surface area contributed by atoms with Crippen molar-refractivity contribution in [3.8, 4) is 11.5 Å². The summed E-state index contributed by atoms with van der Waals surface area (Å²) in [5.41, 5.74) is 2.21. The highest BCUT2D eigenvalue weighted by atomic mass is 16.5. The van der Waals surface area contributed by atoms with Gasteiger partial charge in [-0.25, -0.2) is 4.98 Å². The van der Waals surface area contributed by atoms with Gasteiger partial charge in [0.05, 0.1) is 6.61 Å². The zero-order valence-electron chi connectivity index (χ0n) is 16.2. The molecular weight excluding hydrogens is 354 g/mol. The number of hydrogen-bond acceptors (Lipinski definition) is 4. The third-order valence-corrected chi connectivity index (χ3v) is 4.26. The van der Waals surface area contributed by atoms with Gasteiger partial charge >= 0.3 is 0 Å². The monoisotopic (exact) mass is 379 g/mol. The van der Waals surface area contributed by atoms with Crippen molar-refractivity contribution in [3.05, 3.63) is 77.9 Å². The van der Waals surface area contributed by atoms with Gasteiger partial charge in [-0.05, 0) is 49.2 Å². The van der Waals surface area contributed by atoms with Crippen molar-refractivity contribution in [1.29, 1.82) is 0 Å². The van der Waals surface area contributed by atoms with Crippen LogP contribution in [0.4, 0.5) is 0 Å². The van der Waals surface area contributed by atoms with Crippen molar-refractivity contribution in [2.75, 3.05) is 13.2 Å². The third-order valence-electron chi connectivity index (χ3n) is 4.26. The smallest absolute Gasteiger partial charge is 0.258 e. The third kappa shape index (κ3) is 5.61. The Hall–Kier alpha value is -3.28. The summed E-state index contributed by atoms with van der Waals surface area (Å²) < 4.78 is 13.0. The van der Waals surface area contributed by atoms with Gasteiger partial charge in [0.15, 0.2) is 6.61 Å². The van der Waals surface area contributed by atoms with Crippen LogP contribution in [0, 0.1) is 6.92 Å². The number of nitrogens with one attached hydrogen (secondary N) is 1. The molecule has 0 unspecified atom stereocenters. The highest BCUT2D eigenvalue weighted by molar-refractivity contribution is 5.77. The summed E-state index contributed by atoms with van der Waals surface area (Å²) in [7, 11) is 0. The van der Waals surface area contributed by atoms with Crippen molar-refractivity contribution < 1.29 is 14.3 Å². The Morgan fingerprint density at radius 2 is 1.79 bits per heavy atom. The first-order valence-electron chi connectivity index (χ1n) is 9.32. The molecule has 1 N–H and O–H groups in total. The molecule has 3 aromatic rings. The Kier molecular flexibility index (Phi) is 6.68. The fourth-order valence-electron chi connectivity index (χ4n) is 2.80. The van der Waals surface area contributed by atoms with Gasteiger partial charge in [0.25, 0.3) is 5.91 Å². The van der Waals surface area contributed by atoms with Crippen LogP contribution in [-0.4, -0.2) is 28.7 Å². The molecule has 0 bridgehead atoms. The molecule has 2 aromatic carbocycles. The van der Waals surface area contributed by atoms with E-state index in [1.165, 1.54) is 5.56 Å². The normalized spacial score (nSPS) is 10.5. The van der Waals surface area contributed by atoms with E-state index < -0.39 is 0 Å². The van der Waals surface area contributed by atoms with Crippen LogP contribution in [0.1, 0.15) is 23.9 Å². The number of rotatable bonds is 9. The summed E-state index contributed by atoms with van der Waals surface area (Å²) in [5, 5.41) is 2.89. The molecule has 0 aliphatic carbocycles. The van der Waals surface area contributed by atoms with E-state index in [4.69, 9.17) is 9.47 Å². The Morgan fingerprint density at radius 3 is 2.46 bits per heavy atom. The maximum Gasteiger partial charge on any atom is 0.258 e. The van der Waals surface area contributed by atoms with Gasteiger partial charge in [0.2, 0.25) is 0 Å². The number of nitrogens with zero attached hydrogens (tertiary/aromatic N) is 2.